The van der Waals surface area contributed by atoms with E-state index in [0.29, 0.717) is 6.42 Å². The zero-order valence-corrected chi connectivity index (χ0v) is 12.6. The summed E-state index contributed by atoms with van der Waals surface area (Å²) in [7, 11) is 1.40. The maximum absolute atomic E-state index is 11.5. The third-order valence-corrected chi connectivity index (χ3v) is 4.02. The van der Waals surface area contributed by atoms with E-state index in [9.17, 15) is 4.79 Å². The maximum Gasteiger partial charge on any atom is 0.325 e. The lowest BCUT2D eigenvalue weighted by atomic mass is 9.96. The van der Waals surface area contributed by atoms with Gasteiger partial charge >= 0.3 is 5.97 Å². The van der Waals surface area contributed by atoms with Crippen LogP contribution in [0.4, 0.5) is 0 Å². The third kappa shape index (κ3) is 6.39. The van der Waals surface area contributed by atoms with Crippen molar-refractivity contribution < 1.29 is 9.53 Å². The Morgan fingerprint density at radius 1 is 1.16 bits per heavy atom. The fraction of sp³-hybridized carbons (Fsp3) is 0.933. The van der Waals surface area contributed by atoms with Crippen molar-refractivity contribution in [1.82, 2.24) is 4.90 Å². The average molecular weight is 270 g/mol. The molecule has 1 fully saturated rings. The van der Waals surface area contributed by atoms with Crippen molar-refractivity contribution in [3.05, 3.63) is 0 Å². The fourth-order valence-electron chi connectivity index (χ4n) is 2.70. The minimum atomic E-state index is -0.828. The maximum atomic E-state index is 11.5. The van der Waals surface area contributed by atoms with Gasteiger partial charge in [0.2, 0.25) is 0 Å². The minimum absolute atomic E-state index is 0.307. The monoisotopic (exact) mass is 270 g/mol. The van der Waals surface area contributed by atoms with Gasteiger partial charge in [-0.1, -0.05) is 19.3 Å². The molecule has 19 heavy (non-hydrogen) atoms. The van der Waals surface area contributed by atoms with Gasteiger partial charge in [-0.05, 0) is 58.7 Å². The number of esters is 1. The van der Waals surface area contributed by atoms with Gasteiger partial charge in [0.05, 0.1) is 7.11 Å². The molecule has 1 rings (SSSR count). The van der Waals surface area contributed by atoms with Crippen molar-refractivity contribution in [3.63, 3.8) is 0 Å². The first-order chi connectivity index (χ1) is 9.06. The molecule has 0 aromatic carbocycles. The number of hydrogen-bond acceptors (Lipinski definition) is 4. The third-order valence-electron chi connectivity index (χ3n) is 4.02. The normalized spacial score (nSPS) is 21.2. The number of unbranched alkanes of at least 4 members (excludes halogenated alkanes) is 1. The van der Waals surface area contributed by atoms with Gasteiger partial charge < -0.3 is 15.4 Å². The highest BCUT2D eigenvalue weighted by Crippen LogP contribution is 2.14. The van der Waals surface area contributed by atoms with Gasteiger partial charge in [-0.3, -0.25) is 4.79 Å². The Balaban J connectivity index is 2.17. The Kier molecular flexibility index (Phi) is 7.39. The number of methoxy groups -OCH3 is 1. The Labute approximate surface area is 117 Å². The summed E-state index contributed by atoms with van der Waals surface area (Å²) in [6.07, 6.45) is 9.61. The molecule has 0 amide bonds. The molecule has 1 heterocycles. The molecule has 2 N–H and O–H groups in total. The first kappa shape index (κ1) is 16.4. The second-order valence-corrected chi connectivity index (χ2v) is 5.98. The van der Waals surface area contributed by atoms with Gasteiger partial charge in [0.25, 0.3) is 0 Å². The van der Waals surface area contributed by atoms with E-state index in [4.69, 9.17) is 10.5 Å². The number of carbonyl (C=O) groups is 1. The molecular formula is C15H30N2O2. The van der Waals surface area contributed by atoms with E-state index in [1.54, 1.807) is 6.92 Å². The molecule has 1 aliphatic rings. The van der Waals surface area contributed by atoms with Crippen LogP contribution in [0.1, 0.15) is 58.3 Å². The Bertz CT molecular complexity index is 259. The van der Waals surface area contributed by atoms with Crippen LogP contribution < -0.4 is 5.73 Å². The second-order valence-electron chi connectivity index (χ2n) is 5.98. The molecule has 0 aromatic heterocycles. The Hall–Kier alpha value is -0.610. The summed E-state index contributed by atoms with van der Waals surface area (Å²) in [5, 5.41) is 0. The number of likely N-dealkylation sites (tertiary alicyclic amines) is 1. The molecule has 1 saturated heterocycles. The largest absolute Gasteiger partial charge is 0.468 e. The van der Waals surface area contributed by atoms with Crippen LogP contribution in [0.3, 0.4) is 0 Å². The van der Waals surface area contributed by atoms with E-state index in [-0.39, 0.29) is 5.97 Å². The Morgan fingerprint density at radius 2 is 1.74 bits per heavy atom. The number of hydrogen-bond donors (Lipinski definition) is 1. The molecule has 0 aliphatic carbocycles. The predicted molar refractivity (Wildman–Crippen MR) is 78.0 cm³/mol. The van der Waals surface area contributed by atoms with Crippen LogP contribution in [-0.2, 0) is 9.53 Å². The van der Waals surface area contributed by atoms with Crippen molar-refractivity contribution in [2.45, 2.75) is 63.8 Å². The van der Waals surface area contributed by atoms with Crippen LogP contribution in [0.2, 0.25) is 0 Å². The summed E-state index contributed by atoms with van der Waals surface area (Å²) in [5.41, 5.74) is 5.12. The molecule has 0 radical (unpaired) electrons. The van der Waals surface area contributed by atoms with Crippen molar-refractivity contribution in [3.8, 4) is 0 Å². The summed E-state index contributed by atoms with van der Waals surface area (Å²) >= 11 is 0. The van der Waals surface area contributed by atoms with Gasteiger partial charge in [0.15, 0.2) is 0 Å². The van der Waals surface area contributed by atoms with Gasteiger partial charge in [-0.15, -0.1) is 0 Å². The lowest BCUT2D eigenvalue weighted by Crippen LogP contribution is -2.45. The molecule has 0 spiro atoms. The molecular weight excluding hydrogens is 240 g/mol. The predicted octanol–water partition coefficient (Wildman–Crippen LogP) is 2.31. The Morgan fingerprint density at radius 3 is 2.32 bits per heavy atom. The molecule has 0 saturated carbocycles. The fourth-order valence-corrected chi connectivity index (χ4v) is 2.70. The van der Waals surface area contributed by atoms with Crippen LogP contribution in [-0.4, -0.2) is 43.2 Å². The number of nitrogens with two attached hydrogens (primary N) is 1. The summed E-state index contributed by atoms with van der Waals surface area (Å²) < 4.78 is 4.72. The second kappa shape index (κ2) is 8.54. The van der Waals surface area contributed by atoms with Gasteiger partial charge in [-0.25, -0.2) is 0 Å². The number of carbonyl (C=O) groups excluding carboxylic acids is 1. The molecule has 4 heteroatoms. The van der Waals surface area contributed by atoms with Crippen LogP contribution in [0.15, 0.2) is 0 Å². The zero-order chi connectivity index (χ0) is 14.1. The van der Waals surface area contributed by atoms with Crippen molar-refractivity contribution in [1.29, 1.82) is 0 Å². The lowest BCUT2D eigenvalue weighted by Gasteiger charge is -2.25. The number of rotatable bonds is 6. The quantitative estimate of drug-likeness (QED) is 0.594. The topological polar surface area (TPSA) is 55.6 Å². The van der Waals surface area contributed by atoms with Crippen LogP contribution in [0, 0.1) is 0 Å². The average Bonchev–Trinajstić information content (AvgIpc) is 2.35. The summed E-state index contributed by atoms with van der Waals surface area (Å²) in [6, 6.07) is 0. The SMILES string of the molecule is COC(=O)C(C)(N)CCCCN1CCCCCCC1. The lowest BCUT2D eigenvalue weighted by molar-refractivity contribution is -0.146. The zero-order valence-electron chi connectivity index (χ0n) is 12.6. The molecule has 0 aromatic rings. The number of ether oxygens (including phenoxy) is 1. The summed E-state index contributed by atoms with van der Waals surface area (Å²) in [4.78, 5) is 14.0. The molecule has 0 bridgehead atoms. The first-order valence-electron chi connectivity index (χ1n) is 7.66. The molecule has 1 unspecified atom stereocenters. The van der Waals surface area contributed by atoms with E-state index in [1.165, 1.54) is 52.3 Å². The minimum Gasteiger partial charge on any atom is -0.468 e. The van der Waals surface area contributed by atoms with Crippen LogP contribution in [0.5, 0.6) is 0 Å². The van der Waals surface area contributed by atoms with Crippen molar-refractivity contribution in [2.24, 2.45) is 5.73 Å². The van der Waals surface area contributed by atoms with Crippen LogP contribution >= 0.6 is 0 Å². The molecule has 1 aliphatic heterocycles. The number of nitrogens with zero attached hydrogens (tertiary/aromatic N) is 1. The van der Waals surface area contributed by atoms with Crippen molar-refractivity contribution in [2.75, 3.05) is 26.7 Å². The highest BCUT2D eigenvalue weighted by atomic mass is 16.5. The highest BCUT2D eigenvalue weighted by molar-refractivity contribution is 5.79. The summed E-state index contributed by atoms with van der Waals surface area (Å²) in [6.45, 7) is 5.36. The smallest absolute Gasteiger partial charge is 0.325 e. The van der Waals surface area contributed by atoms with Gasteiger partial charge in [0, 0.05) is 0 Å². The van der Waals surface area contributed by atoms with E-state index >= 15 is 0 Å². The van der Waals surface area contributed by atoms with Gasteiger partial charge in [-0.2, -0.15) is 0 Å². The van der Waals surface area contributed by atoms with E-state index < -0.39 is 5.54 Å². The molecule has 112 valence electrons. The van der Waals surface area contributed by atoms with Gasteiger partial charge in [0.1, 0.15) is 5.54 Å². The molecule has 1 atom stereocenters. The van der Waals surface area contributed by atoms with Crippen LogP contribution in [0.25, 0.3) is 0 Å². The van der Waals surface area contributed by atoms with E-state index in [2.05, 4.69) is 4.90 Å². The van der Waals surface area contributed by atoms with Crippen molar-refractivity contribution >= 4 is 5.97 Å². The highest BCUT2D eigenvalue weighted by Gasteiger charge is 2.28. The first-order valence-corrected chi connectivity index (χ1v) is 7.66. The van der Waals surface area contributed by atoms with E-state index in [1.807, 2.05) is 0 Å². The molecule has 4 nitrogen and oxygen atoms in total. The summed E-state index contributed by atoms with van der Waals surface area (Å²) in [5.74, 6) is -0.307. The van der Waals surface area contributed by atoms with E-state index in [0.717, 1.165) is 19.4 Å². The standard InChI is InChI=1S/C15H30N2O2/c1-15(16,14(18)19-2)10-6-9-13-17-11-7-4-3-5-8-12-17/h3-13,16H2,1-2H3.